The Morgan fingerprint density at radius 2 is 1.74 bits per heavy atom. The number of ether oxygens (including phenoxy) is 2. The van der Waals surface area contributed by atoms with Crippen molar-refractivity contribution in [3.8, 4) is 5.75 Å². The molecule has 164 valence electrons. The van der Waals surface area contributed by atoms with Gasteiger partial charge in [-0.3, -0.25) is 9.59 Å². The molecule has 0 N–H and O–H groups in total. The van der Waals surface area contributed by atoms with Crippen LogP contribution in [-0.2, 0) is 21.5 Å². The summed E-state index contributed by atoms with van der Waals surface area (Å²) < 4.78 is 13.3. The van der Waals surface area contributed by atoms with Gasteiger partial charge in [0.25, 0.3) is 5.91 Å². The van der Waals surface area contributed by atoms with E-state index in [9.17, 15) is 9.59 Å². The van der Waals surface area contributed by atoms with Crippen molar-refractivity contribution in [1.29, 1.82) is 0 Å². The first kappa shape index (κ1) is 22.7. The normalized spacial score (nSPS) is 12.2. The minimum atomic E-state index is -0.375. The van der Waals surface area contributed by atoms with Crippen molar-refractivity contribution >= 4 is 33.4 Å². The van der Waals surface area contributed by atoms with Crippen LogP contribution in [0.2, 0.25) is 0 Å². The largest absolute Gasteiger partial charge is 0.494 e. The Labute approximate surface area is 186 Å². The molecule has 0 spiro atoms. The van der Waals surface area contributed by atoms with E-state index in [0.717, 1.165) is 21.5 Å². The van der Waals surface area contributed by atoms with Crippen LogP contribution in [0.15, 0.2) is 47.5 Å². The van der Waals surface area contributed by atoms with Crippen molar-refractivity contribution in [2.75, 3.05) is 13.2 Å². The van der Waals surface area contributed by atoms with Gasteiger partial charge in [0.15, 0.2) is 4.80 Å². The number of hydrogen-bond donors (Lipinski definition) is 0. The molecule has 0 saturated carbocycles. The monoisotopic (exact) mass is 440 g/mol. The molecule has 0 atom stereocenters. The molecule has 1 heterocycles. The first-order valence-electron chi connectivity index (χ1n) is 10.3. The van der Waals surface area contributed by atoms with Gasteiger partial charge in [0.1, 0.15) is 12.3 Å². The molecule has 7 heteroatoms. The van der Waals surface area contributed by atoms with Gasteiger partial charge in [-0.2, -0.15) is 4.99 Å². The topological polar surface area (TPSA) is 69.9 Å². The van der Waals surface area contributed by atoms with Gasteiger partial charge in [-0.25, -0.2) is 0 Å². The second kappa shape index (κ2) is 9.47. The van der Waals surface area contributed by atoms with Crippen LogP contribution in [0, 0.1) is 0 Å². The lowest BCUT2D eigenvalue weighted by Gasteiger charge is -2.18. The summed E-state index contributed by atoms with van der Waals surface area (Å²) in [7, 11) is 0. The minimum Gasteiger partial charge on any atom is -0.494 e. The first-order chi connectivity index (χ1) is 14.7. The third-order valence-corrected chi connectivity index (χ3v) is 5.79. The maximum Gasteiger partial charge on any atom is 0.326 e. The summed E-state index contributed by atoms with van der Waals surface area (Å²) in [5, 5.41) is 0. The molecule has 3 rings (SSSR count). The van der Waals surface area contributed by atoms with Crippen molar-refractivity contribution in [3.63, 3.8) is 0 Å². The second-order valence-electron chi connectivity index (χ2n) is 8.08. The third kappa shape index (κ3) is 5.41. The Hall–Kier alpha value is -2.93. The Morgan fingerprint density at radius 3 is 2.35 bits per heavy atom. The average Bonchev–Trinajstić information content (AvgIpc) is 3.04. The highest BCUT2D eigenvalue weighted by Gasteiger charge is 2.16. The van der Waals surface area contributed by atoms with Gasteiger partial charge in [-0.1, -0.05) is 44.2 Å². The van der Waals surface area contributed by atoms with Gasteiger partial charge in [-0.15, -0.1) is 0 Å². The summed E-state index contributed by atoms with van der Waals surface area (Å²) in [4.78, 5) is 29.8. The molecule has 1 aromatic heterocycles. The van der Waals surface area contributed by atoms with E-state index in [1.165, 1.54) is 11.3 Å². The van der Waals surface area contributed by atoms with Gasteiger partial charge < -0.3 is 14.0 Å². The fourth-order valence-electron chi connectivity index (χ4n) is 3.15. The molecule has 0 unspecified atom stereocenters. The number of hydrogen-bond acceptors (Lipinski definition) is 5. The average molecular weight is 441 g/mol. The van der Waals surface area contributed by atoms with E-state index in [2.05, 4.69) is 25.8 Å². The van der Waals surface area contributed by atoms with Crippen LogP contribution in [-0.4, -0.2) is 29.7 Å². The molecule has 0 aliphatic heterocycles. The van der Waals surface area contributed by atoms with E-state index in [0.29, 0.717) is 23.6 Å². The Morgan fingerprint density at radius 1 is 1.03 bits per heavy atom. The van der Waals surface area contributed by atoms with Crippen molar-refractivity contribution in [2.24, 2.45) is 4.99 Å². The second-order valence-corrected chi connectivity index (χ2v) is 9.09. The number of carbonyl (C=O) groups is 2. The fraction of sp³-hybridized carbons (Fsp3) is 0.375. The summed E-state index contributed by atoms with van der Waals surface area (Å²) in [5.74, 6) is 0.00403. The van der Waals surface area contributed by atoms with Gasteiger partial charge in [0, 0.05) is 5.56 Å². The number of amides is 1. The molecular weight excluding hydrogens is 412 g/mol. The maximum atomic E-state index is 12.9. The van der Waals surface area contributed by atoms with Gasteiger partial charge in [0.2, 0.25) is 0 Å². The number of carbonyl (C=O) groups excluding carboxylic acids is 2. The number of aromatic nitrogens is 1. The fourth-order valence-corrected chi connectivity index (χ4v) is 4.20. The zero-order valence-corrected chi connectivity index (χ0v) is 19.4. The van der Waals surface area contributed by atoms with E-state index in [4.69, 9.17) is 9.47 Å². The van der Waals surface area contributed by atoms with Crippen LogP contribution in [0.3, 0.4) is 0 Å². The van der Waals surface area contributed by atoms with Crippen molar-refractivity contribution in [1.82, 2.24) is 4.57 Å². The van der Waals surface area contributed by atoms with Gasteiger partial charge in [-0.05, 0) is 55.2 Å². The molecule has 0 bridgehead atoms. The SMILES string of the molecule is CCOC(=O)Cn1c(=NC(=O)c2ccc(C(C)(C)C)cc2)sc2cc(OCC)ccc21. The summed E-state index contributed by atoms with van der Waals surface area (Å²) in [6.45, 7) is 10.9. The third-order valence-electron chi connectivity index (χ3n) is 4.75. The molecule has 0 saturated heterocycles. The molecule has 1 amide bonds. The predicted octanol–water partition coefficient (Wildman–Crippen LogP) is 4.70. The lowest BCUT2D eigenvalue weighted by molar-refractivity contribution is -0.143. The zero-order valence-electron chi connectivity index (χ0n) is 18.6. The molecule has 6 nitrogen and oxygen atoms in total. The number of fused-ring (bicyclic) bond motifs is 1. The lowest BCUT2D eigenvalue weighted by Crippen LogP contribution is -2.23. The number of benzene rings is 2. The summed E-state index contributed by atoms with van der Waals surface area (Å²) in [5.41, 5.74) is 2.46. The number of rotatable bonds is 6. The minimum absolute atomic E-state index is 0.00508. The van der Waals surface area contributed by atoms with E-state index >= 15 is 0 Å². The molecule has 31 heavy (non-hydrogen) atoms. The number of nitrogens with zero attached hydrogens (tertiary/aromatic N) is 2. The smallest absolute Gasteiger partial charge is 0.326 e. The number of esters is 1. The quantitative estimate of drug-likeness (QED) is 0.521. The highest BCUT2D eigenvalue weighted by atomic mass is 32.1. The molecule has 0 aliphatic carbocycles. The maximum absolute atomic E-state index is 12.9. The van der Waals surface area contributed by atoms with Crippen molar-refractivity contribution in [2.45, 2.75) is 46.6 Å². The molecular formula is C24H28N2O4S. The molecule has 3 aromatic rings. The van der Waals surface area contributed by atoms with Crippen molar-refractivity contribution < 1.29 is 19.1 Å². The lowest BCUT2D eigenvalue weighted by atomic mass is 9.87. The van der Waals surface area contributed by atoms with Crippen LogP contribution in [0.4, 0.5) is 0 Å². The van der Waals surface area contributed by atoms with Crippen molar-refractivity contribution in [3.05, 3.63) is 58.4 Å². The van der Waals surface area contributed by atoms with E-state index < -0.39 is 0 Å². The summed E-state index contributed by atoms with van der Waals surface area (Å²) in [6.07, 6.45) is 0. The highest BCUT2D eigenvalue weighted by molar-refractivity contribution is 7.16. The molecule has 2 aromatic carbocycles. The Bertz CT molecular complexity index is 1150. The highest BCUT2D eigenvalue weighted by Crippen LogP contribution is 2.24. The summed E-state index contributed by atoms with van der Waals surface area (Å²) >= 11 is 1.34. The first-order valence-corrected chi connectivity index (χ1v) is 11.2. The molecule has 0 aliphatic rings. The van der Waals surface area contributed by atoms with E-state index in [1.807, 2.05) is 37.3 Å². The van der Waals surface area contributed by atoms with E-state index in [1.54, 1.807) is 23.6 Å². The number of thiazole rings is 1. The van der Waals surface area contributed by atoms with Crippen LogP contribution >= 0.6 is 11.3 Å². The Balaban J connectivity index is 2.04. The van der Waals surface area contributed by atoms with E-state index in [-0.39, 0.29) is 23.8 Å². The predicted molar refractivity (Wildman–Crippen MR) is 123 cm³/mol. The van der Waals surface area contributed by atoms with Crippen LogP contribution in [0.5, 0.6) is 5.75 Å². The van der Waals surface area contributed by atoms with Crippen LogP contribution in [0.25, 0.3) is 10.2 Å². The molecule has 0 radical (unpaired) electrons. The molecule has 0 fully saturated rings. The Kier molecular flexibility index (Phi) is 6.95. The van der Waals surface area contributed by atoms with Gasteiger partial charge in [0.05, 0.1) is 23.4 Å². The summed E-state index contributed by atoms with van der Waals surface area (Å²) in [6, 6.07) is 13.1. The zero-order chi connectivity index (χ0) is 22.6. The van der Waals surface area contributed by atoms with Crippen LogP contribution in [0.1, 0.15) is 50.5 Å². The van der Waals surface area contributed by atoms with Crippen LogP contribution < -0.4 is 9.54 Å². The van der Waals surface area contributed by atoms with Gasteiger partial charge >= 0.3 is 5.97 Å². The standard InChI is InChI=1S/C24H28N2O4S/c1-6-29-18-12-13-19-20(14-18)31-23(26(19)15-21(27)30-7-2)25-22(28)16-8-10-17(11-9-16)24(3,4)5/h8-14H,6-7,15H2,1-5H3.